The van der Waals surface area contributed by atoms with Gasteiger partial charge in [0.2, 0.25) is 5.88 Å². The number of hydrogen-bond acceptors (Lipinski definition) is 7. The van der Waals surface area contributed by atoms with Crippen molar-refractivity contribution in [2.45, 2.75) is 13.8 Å². The normalized spacial score (nSPS) is 10.6. The van der Waals surface area contributed by atoms with Crippen molar-refractivity contribution >= 4 is 39.4 Å². The smallest absolute Gasteiger partial charge is 0.282 e. The highest BCUT2D eigenvalue weighted by Gasteiger charge is 2.27. The van der Waals surface area contributed by atoms with Crippen LogP contribution in [0, 0.1) is 6.92 Å². The van der Waals surface area contributed by atoms with Crippen LogP contribution in [0.15, 0.2) is 44.0 Å². The number of hydrogen-bond donors (Lipinski definition) is 3. The standard InChI is InChI=1S/C19H15BrN4O6/c1-8(25)14-9(2)30-19(15(14)17(21)28)22-18(29)16-12(26)7-13(27)24(23-16)11-5-3-10(20)4-6-11/h3-7,26H,1-2H3,(H2,21,28)(H,22,29). The summed E-state index contributed by atoms with van der Waals surface area (Å²) in [6, 6.07) is 7.33. The van der Waals surface area contributed by atoms with Gasteiger partial charge in [0, 0.05) is 10.5 Å². The molecule has 154 valence electrons. The van der Waals surface area contributed by atoms with Crippen molar-refractivity contribution in [1.82, 2.24) is 9.78 Å². The Bertz CT molecular complexity index is 1240. The number of carbonyl (C=O) groups excluding carboxylic acids is 3. The number of ketones is 1. The molecule has 10 nitrogen and oxygen atoms in total. The number of rotatable bonds is 5. The Labute approximate surface area is 177 Å². The van der Waals surface area contributed by atoms with Crippen LogP contribution in [0.25, 0.3) is 5.69 Å². The molecule has 0 atom stereocenters. The Hall–Kier alpha value is -3.73. The predicted molar refractivity (Wildman–Crippen MR) is 109 cm³/mol. The van der Waals surface area contributed by atoms with Crippen LogP contribution in [0.1, 0.15) is 43.9 Å². The average Bonchev–Trinajstić information content (AvgIpc) is 2.99. The van der Waals surface area contributed by atoms with E-state index in [1.165, 1.54) is 13.8 Å². The van der Waals surface area contributed by atoms with Gasteiger partial charge < -0.3 is 15.3 Å². The predicted octanol–water partition coefficient (Wildman–Crippen LogP) is 2.16. The van der Waals surface area contributed by atoms with Crippen molar-refractivity contribution in [2.75, 3.05) is 5.32 Å². The Balaban J connectivity index is 2.05. The van der Waals surface area contributed by atoms with Crippen molar-refractivity contribution < 1.29 is 23.9 Å². The van der Waals surface area contributed by atoms with Crippen LogP contribution in [0.5, 0.6) is 5.75 Å². The number of nitrogens with one attached hydrogen (secondary N) is 1. The lowest BCUT2D eigenvalue weighted by molar-refractivity contribution is 0.0973. The fraction of sp³-hybridized carbons (Fsp3) is 0.105. The molecule has 0 aliphatic heterocycles. The third kappa shape index (κ3) is 3.87. The molecule has 0 radical (unpaired) electrons. The molecular weight excluding hydrogens is 460 g/mol. The maximum absolute atomic E-state index is 12.7. The molecule has 0 unspecified atom stereocenters. The van der Waals surface area contributed by atoms with E-state index in [-0.39, 0.29) is 22.8 Å². The summed E-state index contributed by atoms with van der Waals surface area (Å²) < 4.78 is 7.00. The van der Waals surface area contributed by atoms with E-state index in [0.717, 1.165) is 15.2 Å². The molecule has 0 aliphatic carbocycles. The summed E-state index contributed by atoms with van der Waals surface area (Å²) in [5, 5.41) is 16.2. The first-order chi connectivity index (χ1) is 14.1. The highest BCUT2D eigenvalue weighted by atomic mass is 79.9. The molecule has 0 spiro atoms. The molecule has 3 rings (SSSR count). The average molecular weight is 475 g/mol. The molecule has 0 aliphatic rings. The molecule has 1 aromatic carbocycles. The Kier molecular flexibility index (Phi) is 5.56. The van der Waals surface area contributed by atoms with Crippen LogP contribution in [0.3, 0.4) is 0 Å². The number of nitrogens with two attached hydrogens (primary N) is 1. The number of anilines is 1. The van der Waals surface area contributed by atoms with Gasteiger partial charge in [0.25, 0.3) is 17.4 Å². The fourth-order valence-corrected chi connectivity index (χ4v) is 3.09. The Morgan fingerprint density at radius 1 is 1.20 bits per heavy atom. The molecule has 30 heavy (non-hydrogen) atoms. The van der Waals surface area contributed by atoms with E-state index in [2.05, 4.69) is 26.3 Å². The largest absolute Gasteiger partial charge is 0.505 e. The highest BCUT2D eigenvalue weighted by Crippen LogP contribution is 2.28. The molecule has 4 N–H and O–H groups in total. The van der Waals surface area contributed by atoms with E-state index in [0.29, 0.717) is 5.69 Å². The molecule has 0 fully saturated rings. The van der Waals surface area contributed by atoms with Crippen LogP contribution >= 0.6 is 15.9 Å². The van der Waals surface area contributed by atoms with Gasteiger partial charge in [-0.2, -0.15) is 9.78 Å². The number of aryl methyl sites for hydroxylation is 1. The van der Waals surface area contributed by atoms with Crippen LogP contribution in [0.4, 0.5) is 5.88 Å². The first-order valence-electron chi connectivity index (χ1n) is 8.45. The first kappa shape index (κ1) is 21.0. The number of nitrogens with zero attached hydrogens (tertiary/aromatic N) is 2. The number of furan rings is 1. The zero-order valence-corrected chi connectivity index (χ0v) is 17.3. The molecule has 0 saturated heterocycles. The number of Topliss-reactive ketones (excluding diaryl/α,β-unsaturated/α-hetero) is 1. The number of amides is 2. The summed E-state index contributed by atoms with van der Waals surface area (Å²) in [5.74, 6) is -3.40. The second kappa shape index (κ2) is 7.95. The van der Waals surface area contributed by atoms with Crippen molar-refractivity contribution in [1.29, 1.82) is 0 Å². The lowest BCUT2D eigenvalue weighted by Crippen LogP contribution is -2.26. The summed E-state index contributed by atoms with van der Waals surface area (Å²) in [7, 11) is 0. The van der Waals surface area contributed by atoms with Gasteiger partial charge in [0.1, 0.15) is 11.3 Å². The molecule has 3 aromatic rings. The van der Waals surface area contributed by atoms with E-state index in [4.69, 9.17) is 10.2 Å². The van der Waals surface area contributed by atoms with Crippen LogP contribution in [-0.2, 0) is 0 Å². The first-order valence-corrected chi connectivity index (χ1v) is 9.24. The van der Waals surface area contributed by atoms with Gasteiger partial charge >= 0.3 is 0 Å². The topological polar surface area (TPSA) is 158 Å². The maximum atomic E-state index is 12.7. The van der Waals surface area contributed by atoms with Crippen LogP contribution < -0.4 is 16.6 Å². The number of primary amides is 1. The third-order valence-corrected chi connectivity index (χ3v) is 4.64. The van der Waals surface area contributed by atoms with Crippen molar-refractivity contribution in [3.63, 3.8) is 0 Å². The van der Waals surface area contributed by atoms with Crippen molar-refractivity contribution in [3.05, 3.63) is 67.7 Å². The van der Waals surface area contributed by atoms with Gasteiger partial charge in [-0.15, -0.1) is 0 Å². The molecule has 11 heteroatoms. The Morgan fingerprint density at radius 3 is 2.40 bits per heavy atom. The van der Waals surface area contributed by atoms with E-state index >= 15 is 0 Å². The second-order valence-corrected chi connectivity index (χ2v) is 7.13. The second-order valence-electron chi connectivity index (χ2n) is 6.22. The summed E-state index contributed by atoms with van der Waals surface area (Å²) in [4.78, 5) is 48.5. The monoisotopic (exact) mass is 474 g/mol. The number of carbonyl (C=O) groups is 3. The van der Waals surface area contributed by atoms with Crippen LogP contribution in [-0.4, -0.2) is 32.5 Å². The summed E-state index contributed by atoms with van der Waals surface area (Å²) in [6.45, 7) is 2.65. The lowest BCUT2D eigenvalue weighted by atomic mass is 10.1. The number of aromatic hydroxyl groups is 1. The minimum absolute atomic E-state index is 0.0604. The minimum atomic E-state index is -0.982. The zero-order chi connectivity index (χ0) is 22.2. The number of benzene rings is 1. The Morgan fingerprint density at radius 2 is 1.83 bits per heavy atom. The van der Waals surface area contributed by atoms with E-state index < -0.39 is 34.6 Å². The van der Waals surface area contributed by atoms with Gasteiger partial charge in [0.15, 0.2) is 17.2 Å². The van der Waals surface area contributed by atoms with E-state index in [1.54, 1.807) is 24.3 Å². The van der Waals surface area contributed by atoms with Gasteiger partial charge in [-0.05, 0) is 38.1 Å². The van der Waals surface area contributed by atoms with Crippen molar-refractivity contribution in [2.24, 2.45) is 5.73 Å². The summed E-state index contributed by atoms with van der Waals surface area (Å²) in [5.41, 5.74) is 4.14. The van der Waals surface area contributed by atoms with Gasteiger partial charge in [-0.3, -0.25) is 24.5 Å². The van der Waals surface area contributed by atoms with E-state index in [9.17, 15) is 24.3 Å². The van der Waals surface area contributed by atoms with E-state index in [1.807, 2.05) is 0 Å². The highest BCUT2D eigenvalue weighted by molar-refractivity contribution is 9.10. The van der Waals surface area contributed by atoms with Crippen LogP contribution in [0.2, 0.25) is 0 Å². The fourth-order valence-electron chi connectivity index (χ4n) is 2.83. The quantitative estimate of drug-likeness (QED) is 0.477. The molecule has 2 amide bonds. The minimum Gasteiger partial charge on any atom is -0.505 e. The number of halogens is 1. The van der Waals surface area contributed by atoms with Gasteiger partial charge in [0.05, 0.1) is 11.3 Å². The maximum Gasteiger partial charge on any atom is 0.282 e. The molecule has 0 bridgehead atoms. The molecule has 2 aromatic heterocycles. The SMILES string of the molecule is CC(=O)c1c(C)oc(NC(=O)c2nn(-c3ccc(Br)cc3)c(=O)cc2O)c1C(N)=O. The molecule has 0 saturated carbocycles. The zero-order valence-electron chi connectivity index (χ0n) is 15.7. The third-order valence-electron chi connectivity index (χ3n) is 4.11. The number of aromatic nitrogens is 2. The molecular formula is C19H15BrN4O6. The molecule has 2 heterocycles. The van der Waals surface area contributed by atoms with Gasteiger partial charge in [-0.25, -0.2) is 0 Å². The summed E-state index contributed by atoms with van der Waals surface area (Å²) in [6.07, 6.45) is 0. The lowest BCUT2D eigenvalue weighted by Gasteiger charge is -2.09. The van der Waals surface area contributed by atoms with Crippen molar-refractivity contribution in [3.8, 4) is 11.4 Å². The van der Waals surface area contributed by atoms with Gasteiger partial charge in [-0.1, -0.05) is 15.9 Å². The summed E-state index contributed by atoms with van der Waals surface area (Å²) >= 11 is 3.28.